The third-order valence-corrected chi connectivity index (χ3v) is 4.22. The van der Waals surface area contributed by atoms with E-state index in [1.54, 1.807) is 6.07 Å². The Hall–Kier alpha value is -1.62. The first-order valence-corrected chi connectivity index (χ1v) is 7.66. The van der Waals surface area contributed by atoms with Gasteiger partial charge >= 0.3 is 5.97 Å². The molecule has 0 spiro atoms. The lowest BCUT2D eigenvalue weighted by molar-refractivity contribution is 0.0599. The van der Waals surface area contributed by atoms with Crippen LogP contribution in [0.1, 0.15) is 35.8 Å². The van der Waals surface area contributed by atoms with Gasteiger partial charge in [0.25, 0.3) is 0 Å². The molecule has 5 nitrogen and oxygen atoms in total. The number of pyridine rings is 1. The van der Waals surface area contributed by atoms with Crippen LogP contribution in [0.5, 0.6) is 0 Å². The van der Waals surface area contributed by atoms with E-state index < -0.39 is 0 Å². The van der Waals surface area contributed by atoms with Crippen LogP contribution in [0.4, 0.5) is 5.82 Å². The van der Waals surface area contributed by atoms with E-state index in [1.165, 1.54) is 33.0 Å². The number of aryl methyl sites for hydroxylation is 1. The van der Waals surface area contributed by atoms with Crippen LogP contribution < -0.4 is 5.32 Å². The Labute approximate surface area is 126 Å². The fourth-order valence-electron chi connectivity index (χ4n) is 2.74. The molecular formula is C16H25N3O2. The summed E-state index contributed by atoms with van der Waals surface area (Å²) in [5.41, 5.74) is 1.23. The molecule has 0 saturated carbocycles. The first-order valence-electron chi connectivity index (χ1n) is 7.66. The molecular weight excluding hydrogens is 266 g/mol. The highest BCUT2D eigenvalue weighted by molar-refractivity contribution is 5.90. The van der Waals surface area contributed by atoms with Gasteiger partial charge in [0.2, 0.25) is 0 Å². The van der Waals surface area contributed by atoms with Crippen molar-refractivity contribution in [3.8, 4) is 0 Å². The minimum absolute atomic E-state index is 0.335. The van der Waals surface area contributed by atoms with E-state index in [4.69, 9.17) is 4.74 Å². The molecule has 0 unspecified atom stereocenters. The minimum Gasteiger partial charge on any atom is -0.465 e. The number of ether oxygens (including phenoxy) is 1. The van der Waals surface area contributed by atoms with Crippen LogP contribution in [0.15, 0.2) is 12.1 Å². The normalized spacial score (nSPS) is 16.7. The SMILES string of the molecule is CCN1CCC(CNc2ccc(C(=O)OC)c(C)n2)CC1. The summed E-state index contributed by atoms with van der Waals surface area (Å²) in [5, 5.41) is 3.39. The van der Waals surface area contributed by atoms with Gasteiger partial charge in [0.1, 0.15) is 5.82 Å². The first-order chi connectivity index (χ1) is 10.1. The van der Waals surface area contributed by atoms with Crippen molar-refractivity contribution in [1.29, 1.82) is 0 Å². The van der Waals surface area contributed by atoms with Gasteiger partial charge in [-0.25, -0.2) is 9.78 Å². The van der Waals surface area contributed by atoms with Crippen molar-refractivity contribution in [2.75, 3.05) is 38.6 Å². The number of likely N-dealkylation sites (tertiary alicyclic amines) is 1. The van der Waals surface area contributed by atoms with Gasteiger partial charge in [-0.3, -0.25) is 0 Å². The van der Waals surface area contributed by atoms with Crippen LogP contribution in [0.3, 0.4) is 0 Å². The van der Waals surface area contributed by atoms with Gasteiger partial charge in [-0.05, 0) is 57.5 Å². The van der Waals surface area contributed by atoms with Gasteiger partial charge in [0.05, 0.1) is 18.4 Å². The summed E-state index contributed by atoms with van der Waals surface area (Å²) in [6, 6.07) is 3.62. The molecule has 1 aromatic heterocycles. The van der Waals surface area contributed by atoms with Crippen molar-refractivity contribution in [3.63, 3.8) is 0 Å². The zero-order valence-electron chi connectivity index (χ0n) is 13.2. The minimum atomic E-state index is -0.335. The van der Waals surface area contributed by atoms with Crippen molar-refractivity contribution in [1.82, 2.24) is 9.88 Å². The van der Waals surface area contributed by atoms with E-state index in [0.717, 1.165) is 18.9 Å². The number of piperidine rings is 1. The zero-order valence-corrected chi connectivity index (χ0v) is 13.2. The second kappa shape index (κ2) is 7.41. The van der Waals surface area contributed by atoms with Crippen LogP contribution in [0.2, 0.25) is 0 Å². The number of hydrogen-bond acceptors (Lipinski definition) is 5. The molecule has 1 fully saturated rings. The summed E-state index contributed by atoms with van der Waals surface area (Å²) in [6.07, 6.45) is 2.47. The summed E-state index contributed by atoms with van der Waals surface area (Å²) < 4.78 is 4.73. The van der Waals surface area contributed by atoms with Gasteiger partial charge in [0, 0.05) is 6.54 Å². The molecule has 1 N–H and O–H groups in total. The number of nitrogens with zero attached hydrogens (tertiary/aromatic N) is 2. The lowest BCUT2D eigenvalue weighted by atomic mass is 9.97. The van der Waals surface area contributed by atoms with Crippen LogP contribution in [0.25, 0.3) is 0 Å². The molecule has 0 bridgehead atoms. The molecule has 2 heterocycles. The van der Waals surface area contributed by atoms with Gasteiger partial charge in [-0.15, -0.1) is 0 Å². The Bertz CT molecular complexity index is 482. The Morgan fingerprint density at radius 3 is 2.71 bits per heavy atom. The van der Waals surface area contributed by atoms with Gasteiger partial charge < -0.3 is 15.0 Å². The molecule has 116 valence electrons. The van der Waals surface area contributed by atoms with Crippen molar-refractivity contribution in [2.24, 2.45) is 5.92 Å². The topological polar surface area (TPSA) is 54.5 Å². The van der Waals surface area contributed by atoms with E-state index in [2.05, 4.69) is 22.1 Å². The van der Waals surface area contributed by atoms with Crippen molar-refractivity contribution in [2.45, 2.75) is 26.7 Å². The lowest BCUT2D eigenvalue weighted by Gasteiger charge is -2.31. The van der Waals surface area contributed by atoms with Crippen LogP contribution >= 0.6 is 0 Å². The number of hydrogen-bond donors (Lipinski definition) is 1. The van der Waals surface area contributed by atoms with Crippen molar-refractivity contribution < 1.29 is 9.53 Å². The highest BCUT2D eigenvalue weighted by atomic mass is 16.5. The molecule has 1 aliphatic rings. The number of carbonyl (C=O) groups is 1. The third-order valence-electron chi connectivity index (χ3n) is 4.22. The second-order valence-corrected chi connectivity index (χ2v) is 5.58. The largest absolute Gasteiger partial charge is 0.465 e. The second-order valence-electron chi connectivity index (χ2n) is 5.58. The highest BCUT2D eigenvalue weighted by Crippen LogP contribution is 2.18. The number of rotatable bonds is 5. The maximum Gasteiger partial charge on any atom is 0.339 e. The molecule has 1 saturated heterocycles. The fourth-order valence-corrected chi connectivity index (χ4v) is 2.74. The number of nitrogens with one attached hydrogen (secondary N) is 1. The van der Waals surface area contributed by atoms with Gasteiger partial charge in [0.15, 0.2) is 0 Å². The van der Waals surface area contributed by atoms with Crippen LogP contribution in [-0.2, 0) is 4.74 Å². The van der Waals surface area contributed by atoms with Crippen molar-refractivity contribution in [3.05, 3.63) is 23.4 Å². The molecule has 21 heavy (non-hydrogen) atoms. The maximum absolute atomic E-state index is 11.5. The fraction of sp³-hybridized carbons (Fsp3) is 0.625. The Morgan fingerprint density at radius 1 is 1.43 bits per heavy atom. The summed E-state index contributed by atoms with van der Waals surface area (Å²) >= 11 is 0. The Morgan fingerprint density at radius 2 is 2.14 bits per heavy atom. The highest BCUT2D eigenvalue weighted by Gasteiger charge is 2.18. The van der Waals surface area contributed by atoms with Crippen LogP contribution in [0, 0.1) is 12.8 Å². The average molecular weight is 291 g/mol. The summed E-state index contributed by atoms with van der Waals surface area (Å²) in [6.45, 7) is 8.52. The molecule has 0 atom stereocenters. The maximum atomic E-state index is 11.5. The summed E-state index contributed by atoms with van der Waals surface area (Å²) in [7, 11) is 1.39. The molecule has 5 heteroatoms. The molecule has 0 amide bonds. The number of methoxy groups -OCH3 is 1. The van der Waals surface area contributed by atoms with E-state index in [-0.39, 0.29) is 5.97 Å². The molecule has 0 radical (unpaired) electrons. The third kappa shape index (κ3) is 4.17. The predicted molar refractivity (Wildman–Crippen MR) is 83.6 cm³/mol. The number of aromatic nitrogens is 1. The van der Waals surface area contributed by atoms with E-state index in [9.17, 15) is 4.79 Å². The van der Waals surface area contributed by atoms with E-state index in [1.807, 2.05) is 13.0 Å². The molecule has 0 aromatic carbocycles. The summed E-state index contributed by atoms with van der Waals surface area (Å²) in [5.74, 6) is 1.20. The molecule has 1 aromatic rings. The lowest BCUT2D eigenvalue weighted by Crippen LogP contribution is -2.35. The Balaban J connectivity index is 1.86. The van der Waals surface area contributed by atoms with Gasteiger partial charge in [-0.1, -0.05) is 6.92 Å². The predicted octanol–water partition coefficient (Wildman–Crippen LogP) is 2.32. The van der Waals surface area contributed by atoms with E-state index >= 15 is 0 Å². The van der Waals surface area contributed by atoms with E-state index in [0.29, 0.717) is 17.2 Å². The average Bonchev–Trinajstić information content (AvgIpc) is 2.52. The molecule has 2 rings (SSSR count). The number of anilines is 1. The van der Waals surface area contributed by atoms with Gasteiger partial charge in [-0.2, -0.15) is 0 Å². The smallest absolute Gasteiger partial charge is 0.339 e. The molecule has 0 aliphatic carbocycles. The number of esters is 1. The van der Waals surface area contributed by atoms with Crippen molar-refractivity contribution >= 4 is 11.8 Å². The number of carbonyl (C=O) groups excluding carboxylic acids is 1. The monoisotopic (exact) mass is 291 g/mol. The Kier molecular flexibility index (Phi) is 5.56. The zero-order chi connectivity index (χ0) is 15.2. The summed E-state index contributed by atoms with van der Waals surface area (Å²) in [4.78, 5) is 18.4. The van der Waals surface area contributed by atoms with Crippen LogP contribution in [-0.4, -0.2) is 49.1 Å². The quantitative estimate of drug-likeness (QED) is 0.844. The molecule has 1 aliphatic heterocycles. The first kappa shape index (κ1) is 15.8. The standard InChI is InChI=1S/C16H25N3O2/c1-4-19-9-7-13(8-10-19)11-17-15-6-5-14(12(2)18-15)16(20)21-3/h5-6,13H,4,7-11H2,1-3H3,(H,17,18).